The Morgan fingerprint density at radius 1 is 1.07 bits per heavy atom. The molecule has 1 aliphatic heterocycles. The summed E-state index contributed by atoms with van der Waals surface area (Å²) in [6, 6.07) is 17.2. The van der Waals surface area contributed by atoms with Crippen molar-refractivity contribution < 1.29 is 33.6 Å². The Bertz CT molecular complexity index is 835. The van der Waals surface area contributed by atoms with Crippen molar-refractivity contribution in [1.29, 1.82) is 0 Å². The minimum Gasteiger partial charge on any atom is -0.462 e. The van der Waals surface area contributed by atoms with Crippen LogP contribution in [0, 0.1) is 5.92 Å². The molecule has 0 saturated carbocycles. The highest BCUT2D eigenvalue weighted by Crippen LogP contribution is 2.36. The third kappa shape index (κ3) is 5.05. The molecular weight excluding hydrogens is 388 g/mol. The smallest absolute Gasteiger partial charge is 0.338 e. The molecule has 0 aromatic heterocycles. The molecule has 0 amide bonds. The summed E-state index contributed by atoms with van der Waals surface area (Å²) >= 11 is 0. The van der Waals surface area contributed by atoms with Crippen molar-refractivity contribution >= 4 is 11.9 Å². The second kappa shape index (κ2) is 9.84. The third-order valence-corrected chi connectivity index (χ3v) is 5.23. The topological polar surface area (TPSA) is 91.3 Å². The lowest BCUT2D eigenvalue weighted by atomic mass is 9.85. The molecule has 0 radical (unpaired) electrons. The number of carbonyl (C=O) groups excluding carboxylic acids is 2. The molecule has 1 saturated heterocycles. The summed E-state index contributed by atoms with van der Waals surface area (Å²) in [6.45, 7) is 1.74. The van der Waals surface area contributed by atoms with Gasteiger partial charge in [0.2, 0.25) is 0 Å². The van der Waals surface area contributed by atoms with E-state index in [1.54, 1.807) is 61.5 Å². The van der Waals surface area contributed by atoms with Crippen molar-refractivity contribution in [2.45, 2.75) is 31.3 Å². The highest BCUT2D eigenvalue weighted by molar-refractivity contribution is 5.89. The van der Waals surface area contributed by atoms with Crippen molar-refractivity contribution in [3.8, 4) is 0 Å². The minimum atomic E-state index is -1.38. The lowest BCUT2D eigenvalue weighted by Crippen LogP contribution is -2.47. The van der Waals surface area contributed by atoms with E-state index in [4.69, 9.17) is 18.9 Å². The van der Waals surface area contributed by atoms with Crippen LogP contribution in [0.2, 0.25) is 0 Å². The van der Waals surface area contributed by atoms with Crippen molar-refractivity contribution in [3.63, 3.8) is 0 Å². The molecule has 1 fully saturated rings. The van der Waals surface area contributed by atoms with E-state index < -0.39 is 35.9 Å². The van der Waals surface area contributed by atoms with Crippen LogP contribution in [0.1, 0.15) is 34.1 Å². The van der Waals surface area contributed by atoms with Gasteiger partial charge < -0.3 is 24.1 Å². The first-order valence-corrected chi connectivity index (χ1v) is 9.78. The van der Waals surface area contributed by atoms with Gasteiger partial charge in [-0.1, -0.05) is 36.4 Å². The van der Waals surface area contributed by atoms with Gasteiger partial charge in [0.1, 0.15) is 11.7 Å². The van der Waals surface area contributed by atoms with E-state index in [1.807, 2.05) is 6.07 Å². The lowest BCUT2D eigenvalue weighted by molar-refractivity contribution is -0.179. The van der Waals surface area contributed by atoms with E-state index in [2.05, 4.69) is 0 Å². The van der Waals surface area contributed by atoms with Crippen LogP contribution in [0.3, 0.4) is 0 Å². The Morgan fingerprint density at radius 2 is 1.63 bits per heavy atom. The van der Waals surface area contributed by atoms with Gasteiger partial charge >= 0.3 is 11.9 Å². The Kier molecular flexibility index (Phi) is 7.20. The Hall–Kier alpha value is -2.74. The van der Waals surface area contributed by atoms with Gasteiger partial charge in [-0.15, -0.1) is 0 Å². The van der Waals surface area contributed by atoms with Crippen molar-refractivity contribution in [2.24, 2.45) is 5.92 Å². The van der Waals surface area contributed by atoms with E-state index in [9.17, 15) is 14.7 Å². The summed E-state index contributed by atoms with van der Waals surface area (Å²) in [7, 11) is 1.44. The Morgan fingerprint density at radius 3 is 2.17 bits per heavy atom. The van der Waals surface area contributed by atoms with Gasteiger partial charge in [0.05, 0.1) is 30.3 Å². The summed E-state index contributed by atoms with van der Waals surface area (Å²) < 4.78 is 21.8. The maximum absolute atomic E-state index is 12.6. The van der Waals surface area contributed by atoms with Gasteiger partial charge in [-0.2, -0.15) is 0 Å². The first-order chi connectivity index (χ1) is 14.4. The number of carbonyl (C=O) groups is 2. The molecule has 7 heteroatoms. The average molecular weight is 414 g/mol. The molecule has 30 heavy (non-hydrogen) atoms. The molecule has 2 aromatic rings. The van der Waals surface area contributed by atoms with Crippen LogP contribution in [0.4, 0.5) is 0 Å². The first-order valence-electron chi connectivity index (χ1n) is 9.78. The third-order valence-electron chi connectivity index (χ3n) is 5.23. The quantitative estimate of drug-likeness (QED) is 0.664. The zero-order valence-corrected chi connectivity index (χ0v) is 17.0. The van der Waals surface area contributed by atoms with E-state index in [0.717, 1.165) is 0 Å². The summed E-state index contributed by atoms with van der Waals surface area (Å²) in [4.78, 5) is 24.8. The van der Waals surface area contributed by atoms with E-state index in [-0.39, 0.29) is 19.6 Å². The summed E-state index contributed by atoms with van der Waals surface area (Å²) in [5.41, 5.74) is -0.545. The number of benzene rings is 2. The summed E-state index contributed by atoms with van der Waals surface area (Å²) in [5.74, 6) is -1.54. The van der Waals surface area contributed by atoms with Crippen molar-refractivity contribution in [1.82, 2.24) is 0 Å². The molecule has 2 aromatic carbocycles. The SMILES string of the molecule is CO[C@@H]1OCC(C(CCOC(=O)c2ccccc2)OC(=O)c2ccccc2)C1(C)O. The maximum Gasteiger partial charge on any atom is 0.338 e. The fourth-order valence-corrected chi connectivity index (χ4v) is 3.54. The van der Waals surface area contributed by atoms with Crippen LogP contribution in [-0.2, 0) is 18.9 Å². The average Bonchev–Trinajstić information content (AvgIpc) is 3.07. The first kappa shape index (κ1) is 22.0. The highest BCUT2D eigenvalue weighted by atomic mass is 16.7. The molecule has 160 valence electrons. The number of esters is 2. The second-order valence-corrected chi connectivity index (χ2v) is 7.33. The van der Waals surface area contributed by atoms with E-state index >= 15 is 0 Å². The molecule has 0 bridgehead atoms. The zero-order chi connectivity index (χ0) is 21.6. The molecule has 0 aliphatic carbocycles. The highest BCUT2D eigenvalue weighted by Gasteiger charge is 2.51. The molecule has 4 atom stereocenters. The van der Waals surface area contributed by atoms with Gasteiger partial charge in [-0.25, -0.2) is 9.59 Å². The molecule has 3 rings (SSSR count). The number of rotatable bonds is 8. The number of ether oxygens (including phenoxy) is 4. The lowest BCUT2D eigenvalue weighted by Gasteiger charge is -2.33. The molecule has 7 nitrogen and oxygen atoms in total. The zero-order valence-electron chi connectivity index (χ0n) is 17.0. The predicted molar refractivity (Wildman–Crippen MR) is 108 cm³/mol. The van der Waals surface area contributed by atoms with Gasteiger partial charge in [0.15, 0.2) is 6.29 Å². The molecule has 1 heterocycles. The maximum atomic E-state index is 12.6. The minimum absolute atomic E-state index is 0.0185. The summed E-state index contributed by atoms with van der Waals surface area (Å²) in [6.07, 6.45) is -1.37. The molecule has 0 spiro atoms. The van der Waals surface area contributed by atoms with Crippen molar-refractivity contribution in [2.75, 3.05) is 20.3 Å². The van der Waals surface area contributed by atoms with Gasteiger partial charge in [0.25, 0.3) is 0 Å². The Labute approximate surface area is 175 Å². The monoisotopic (exact) mass is 414 g/mol. The molecule has 1 N–H and O–H groups in total. The molecule has 3 unspecified atom stereocenters. The van der Waals surface area contributed by atoms with Crippen LogP contribution < -0.4 is 0 Å². The van der Waals surface area contributed by atoms with Gasteiger partial charge in [0, 0.05) is 13.5 Å². The van der Waals surface area contributed by atoms with Gasteiger partial charge in [-0.05, 0) is 31.2 Å². The number of hydrogen-bond acceptors (Lipinski definition) is 7. The van der Waals surface area contributed by atoms with E-state index in [0.29, 0.717) is 11.1 Å². The standard InChI is InChI=1S/C23H26O7/c1-23(26)18(15-29-22(23)27-2)19(30-21(25)17-11-7-4-8-12-17)13-14-28-20(24)16-9-5-3-6-10-16/h3-12,18-19,22,26H,13-15H2,1-2H3/t18?,19?,22-,23?/m1/s1. The van der Waals surface area contributed by atoms with Crippen LogP contribution in [0.15, 0.2) is 60.7 Å². The number of methoxy groups -OCH3 is 1. The van der Waals surface area contributed by atoms with E-state index in [1.165, 1.54) is 7.11 Å². The van der Waals surface area contributed by atoms with Gasteiger partial charge in [-0.3, -0.25) is 0 Å². The molecule has 1 aliphatic rings. The summed E-state index contributed by atoms with van der Waals surface area (Å²) in [5, 5.41) is 10.9. The Balaban J connectivity index is 1.69. The van der Waals surface area contributed by atoms with Crippen LogP contribution in [0.5, 0.6) is 0 Å². The predicted octanol–water partition coefficient (Wildman–Crippen LogP) is 2.83. The number of aliphatic hydroxyl groups is 1. The molecular formula is C23H26O7. The second-order valence-electron chi connectivity index (χ2n) is 7.33. The van der Waals surface area contributed by atoms with Crippen LogP contribution >= 0.6 is 0 Å². The number of hydrogen-bond donors (Lipinski definition) is 1. The fourth-order valence-electron chi connectivity index (χ4n) is 3.54. The fraction of sp³-hybridized carbons (Fsp3) is 0.391. The van der Waals surface area contributed by atoms with Crippen LogP contribution in [-0.4, -0.2) is 55.4 Å². The van der Waals surface area contributed by atoms with Crippen LogP contribution in [0.25, 0.3) is 0 Å². The van der Waals surface area contributed by atoms with Crippen molar-refractivity contribution in [3.05, 3.63) is 71.8 Å². The normalized spacial score (nSPS) is 24.2. The largest absolute Gasteiger partial charge is 0.462 e.